The molecular weight excluding hydrogens is 244 g/mol. The number of carboxylic acids is 1. The van der Waals surface area contributed by atoms with Gasteiger partial charge in [0.1, 0.15) is 6.79 Å². The van der Waals surface area contributed by atoms with Crippen molar-refractivity contribution in [2.45, 2.75) is 26.7 Å². The molecule has 0 rings (SSSR count). The van der Waals surface area contributed by atoms with Crippen molar-refractivity contribution in [1.82, 2.24) is 0 Å². The smallest absolute Gasteiger partial charge is 0.305 e. The van der Waals surface area contributed by atoms with Crippen molar-refractivity contribution in [3.8, 4) is 0 Å². The zero-order valence-electron chi connectivity index (χ0n) is 12.1. The van der Waals surface area contributed by atoms with Crippen molar-refractivity contribution in [2.24, 2.45) is 0 Å². The Morgan fingerprint density at radius 1 is 1.00 bits per heavy atom. The van der Waals surface area contributed by atoms with Gasteiger partial charge in [-0.2, -0.15) is 0 Å². The van der Waals surface area contributed by atoms with E-state index in [1.807, 2.05) is 0 Å². The van der Waals surface area contributed by atoms with Crippen LogP contribution < -0.4 is 0 Å². The number of ether oxygens (including phenoxy) is 3. The van der Waals surface area contributed by atoms with E-state index in [1.165, 1.54) is 7.11 Å². The van der Waals surface area contributed by atoms with E-state index in [4.69, 9.17) is 10.2 Å². The quantitative estimate of drug-likeness (QED) is 0.591. The van der Waals surface area contributed by atoms with Crippen LogP contribution >= 0.6 is 0 Å². The summed E-state index contributed by atoms with van der Waals surface area (Å²) in [6.45, 7) is 3.74. The number of carbonyl (C=O) groups is 2. The molecule has 0 amide bonds. The molecule has 0 aliphatic heterocycles. The van der Waals surface area contributed by atoms with Crippen LogP contribution in [0.2, 0.25) is 0 Å². The number of aliphatic carboxylic acids is 1. The van der Waals surface area contributed by atoms with Gasteiger partial charge in [0.05, 0.1) is 7.11 Å². The topological polar surface area (TPSA) is 102 Å². The van der Waals surface area contributed by atoms with Crippen molar-refractivity contribution in [1.29, 1.82) is 0 Å². The first-order valence-electron chi connectivity index (χ1n) is 5.21. The lowest BCUT2D eigenvalue weighted by Gasteiger charge is -1.87. The second-order valence-electron chi connectivity index (χ2n) is 2.37. The van der Waals surface area contributed by atoms with Crippen molar-refractivity contribution in [3.63, 3.8) is 0 Å². The Kier molecular flexibility index (Phi) is 42.2. The number of carbonyl (C=O) groups excluding carboxylic acids is 1. The van der Waals surface area contributed by atoms with E-state index in [0.29, 0.717) is 13.2 Å². The Labute approximate surface area is 112 Å². The van der Waals surface area contributed by atoms with E-state index < -0.39 is 5.97 Å². The molecule has 0 bridgehead atoms. The van der Waals surface area contributed by atoms with Gasteiger partial charge < -0.3 is 24.4 Å². The predicted molar refractivity (Wildman–Crippen MR) is 71.5 cm³/mol. The maximum Gasteiger partial charge on any atom is 0.305 e. The fraction of sp³-hybridized carbons (Fsp3) is 0.818. The molecule has 0 saturated carbocycles. The van der Waals surface area contributed by atoms with Gasteiger partial charge in [0.2, 0.25) is 0 Å². The van der Waals surface area contributed by atoms with Crippen LogP contribution in [0, 0.1) is 0 Å². The zero-order chi connectivity index (χ0) is 15.4. The van der Waals surface area contributed by atoms with Crippen molar-refractivity contribution in [3.05, 3.63) is 0 Å². The largest absolute Gasteiger partial charge is 0.481 e. The third-order valence-corrected chi connectivity index (χ3v) is 1.05. The Morgan fingerprint density at radius 2 is 1.33 bits per heavy atom. The van der Waals surface area contributed by atoms with Gasteiger partial charge in [0.25, 0.3) is 0 Å². The van der Waals surface area contributed by atoms with E-state index in [-0.39, 0.29) is 15.2 Å². The summed E-state index contributed by atoms with van der Waals surface area (Å²) in [6.07, 6.45) is 0.691. The number of methoxy groups -OCH3 is 3. The number of hydrogen-bond acceptors (Lipinski definition) is 6. The molecule has 0 saturated heterocycles. The molecule has 0 aliphatic rings. The highest BCUT2D eigenvalue weighted by atomic mass is 16.6. The predicted octanol–water partition coefficient (Wildman–Crippen LogP) is 1.39. The summed E-state index contributed by atoms with van der Waals surface area (Å²) >= 11 is 0. The summed E-state index contributed by atoms with van der Waals surface area (Å²) in [5.41, 5.74) is 0. The van der Waals surface area contributed by atoms with Crippen LogP contribution in [0.15, 0.2) is 0 Å². The van der Waals surface area contributed by atoms with Gasteiger partial charge in [-0.15, -0.1) is 0 Å². The minimum absolute atomic E-state index is 0. The second kappa shape index (κ2) is 29.7. The van der Waals surface area contributed by atoms with Crippen LogP contribution in [0.3, 0.4) is 0 Å². The lowest BCUT2D eigenvalue weighted by molar-refractivity contribution is -0.140. The van der Waals surface area contributed by atoms with Gasteiger partial charge in [0, 0.05) is 37.0 Å². The zero-order valence-corrected chi connectivity index (χ0v) is 12.1. The molecule has 0 aliphatic carbocycles. The van der Waals surface area contributed by atoms with E-state index in [1.54, 1.807) is 28.1 Å². The molecule has 0 aromatic rings. The average Bonchev–Trinajstić information content (AvgIpc) is 2.42. The van der Waals surface area contributed by atoms with Crippen molar-refractivity contribution < 1.29 is 36.9 Å². The number of carboxylic acid groups (broad SMARTS) is 1. The van der Waals surface area contributed by atoms with Crippen molar-refractivity contribution in [2.75, 3.05) is 35.2 Å². The summed E-state index contributed by atoms with van der Waals surface area (Å²) in [4.78, 5) is 19.3. The summed E-state index contributed by atoms with van der Waals surface area (Å²) in [5, 5.41) is 14.7. The molecule has 0 fully saturated rings. The van der Waals surface area contributed by atoms with E-state index in [0.717, 1.165) is 7.11 Å². The van der Waals surface area contributed by atoms with Gasteiger partial charge >= 0.3 is 11.9 Å². The normalized spacial score (nSPS) is 7.28. The lowest BCUT2D eigenvalue weighted by Crippen LogP contribution is -1.94. The Balaban J connectivity index is -0.0000000331. The number of aliphatic hydroxyl groups is 1. The third-order valence-electron chi connectivity index (χ3n) is 1.05. The first-order chi connectivity index (χ1) is 8.49. The molecule has 0 radical (unpaired) electrons. The van der Waals surface area contributed by atoms with Crippen LogP contribution in [0.25, 0.3) is 0 Å². The SMILES string of the molecule is CCC(=O)O.CCC(=O)OC.CO.COCOC.[3HH].[3HH]. The standard InChI is InChI=1S/C4H8O2.C3H8O2.C3H6O2.CH4O.2H2/c1-3-4(5)6-2;1-4-3-5-2;1-2-3(4)5;1-2;;/h3H2,1-2H3;3H2,1-2H3;2H2,1H3,(H,4,5);2H,1H3;2*1H/i;;;;2*1+2. The Morgan fingerprint density at radius 3 is 1.33 bits per heavy atom. The summed E-state index contributed by atoms with van der Waals surface area (Å²) < 4.78 is 13.2. The monoisotopic (exact) mass is 278 g/mol. The minimum atomic E-state index is -0.745. The molecule has 18 heavy (non-hydrogen) atoms. The molecule has 7 heteroatoms. The summed E-state index contributed by atoms with van der Waals surface area (Å²) in [6, 6.07) is 0. The van der Waals surface area contributed by atoms with Crippen LogP contribution in [0.5, 0.6) is 0 Å². The van der Waals surface area contributed by atoms with Gasteiger partial charge in [0.15, 0.2) is 0 Å². The number of rotatable bonds is 4. The van der Waals surface area contributed by atoms with E-state index in [9.17, 15) is 9.59 Å². The third kappa shape index (κ3) is 60.9. The van der Waals surface area contributed by atoms with Gasteiger partial charge in [-0.05, 0) is 0 Å². The van der Waals surface area contributed by atoms with Crippen LogP contribution in [0.1, 0.15) is 29.5 Å². The Hall–Kier alpha value is -1.18. The second-order valence-corrected chi connectivity index (χ2v) is 2.37. The highest BCUT2D eigenvalue weighted by Gasteiger charge is 1.87. The van der Waals surface area contributed by atoms with Gasteiger partial charge in [-0.3, -0.25) is 9.59 Å². The van der Waals surface area contributed by atoms with Gasteiger partial charge in [-0.1, -0.05) is 13.8 Å². The summed E-state index contributed by atoms with van der Waals surface area (Å²) in [7, 11) is 5.55. The number of hydrogen-bond donors (Lipinski definition) is 2. The molecular formula is C11H30O7. The lowest BCUT2D eigenvalue weighted by atomic mass is 10.5. The Bertz CT molecular complexity index is 161. The molecule has 0 unspecified atom stereocenters. The number of aliphatic hydroxyl groups excluding tert-OH is 1. The van der Waals surface area contributed by atoms with Crippen LogP contribution in [-0.4, -0.2) is 57.4 Å². The fourth-order valence-electron chi connectivity index (χ4n) is 0.262. The maximum atomic E-state index is 9.96. The highest BCUT2D eigenvalue weighted by Crippen LogP contribution is 1.76. The van der Waals surface area contributed by atoms with Gasteiger partial charge in [-0.25, -0.2) is 0 Å². The molecule has 116 valence electrons. The molecule has 0 spiro atoms. The fourth-order valence-corrected chi connectivity index (χ4v) is 0.262. The number of esters is 1. The maximum absolute atomic E-state index is 9.96. The van der Waals surface area contributed by atoms with E-state index in [2.05, 4.69) is 14.2 Å². The van der Waals surface area contributed by atoms with Crippen molar-refractivity contribution >= 4 is 11.9 Å². The molecule has 7 nitrogen and oxygen atoms in total. The molecule has 0 heterocycles. The molecule has 0 aromatic carbocycles. The minimum Gasteiger partial charge on any atom is -0.481 e. The first kappa shape index (κ1) is 25.6. The first-order valence-corrected chi connectivity index (χ1v) is 5.21. The molecule has 0 aromatic heterocycles. The summed E-state index contributed by atoms with van der Waals surface area (Å²) in [5.74, 6) is -0.903. The van der Waals surface area contributed by atoms with Crippen LogP contribution in [0.4, 0.5) is 0 Å². The highest BCUT2D eigenvalue weighted by molar-refractivity contribution is 5.68. The molecule has 2 N–H and O–H groups in total. The molecule has 0 atom stereocenters. The van der Waals surface area contributed by atoms with E-state index >= 15 is 0 Å². The van der Waals surface area contributed by atoms with Crippen LogP contribution in [-0.2, 0) is 23.8 Å². The average molecular weight is 278 g/mol.